The van der Waals surface area contributed by atoms with Gasteiger partial charge in [0.25, 0.3) is 5.91 Å². The molecule has 0 unspecified atom stereocenters. The molecule has 0 spiro atoms. The highest BCUT2D eigenvalue weighted by atomic mass is 32.1. The average Bonchev–Trinajstić information content (AvgIpc) is 3.28. The first-order valence-electron chi connectivity index (χ1n) is 10.7. The number of aromatic nitrogens is 1. The summed E-state index contributed by atoms with van der Waals surface area (Å²) in [5, 5.41) is 5.72. The zero-order valence-electron chi connectivity index (χ0n) is 18.8. The first-order chi connectivity index (χ1) is 15.7. The standard InChI is InChI=1S/C24H26N4O4S/c1-14-6-8-24(2,16-4-5-19-15(10-16)7-9-33-19)28(13-14)23(31)21(30)27-17-11-18(20(25)29)22(32-3)26-12-17/h4-5,7,9-12,14H,6,8,13H2,1-3H3,(H2,25,29)(H,27,30)/t14-,24-/m0/s1. The van der Waals surface area contributed by atoms with E-state index in [-0.39, 0.29) is 23.0 Å². The quantitative estimate of drug-likeness (QED) is 0.571. The molecule has 3 amide bonds. The van der Waals surface area contributed by atoms with Gasteiger partial charge in [0.1, 0.15) is 5.56 Å². The van der Waals surface area contributed by atoms with E-state index >= 15 is 0 Å². The number of benzene rings is 1. The molecule has 4 rings (SSSR count). The van der Waals surface area contributed by atoms with E-state index in [1.165, 1.54) is 24.1 Å². The Morgan fingerprint density at radius 1 is 1.27 bits per heavy atom. The molecule has 0 bridgehead atoms. The van der Waals surface area contributed by atoms with E-state index in [0.29, 0.717) is 6.54 Å². The second-order valence-electron chi connectivity index (χ2n) is 8.61. The summed E-state index contributed by atoms with van der Waals surface area (Å²) in [5.41, 5.74) is 5.96. The SMILES string of the molecule is COc1ncc(NC(=O)C(=O)N2C[C@@H](C)CC[C@@]2(C)c2ccc3sccc3c2)cc1C(N)=O. The van der Waals surface area contributed by atoms with Crippen molar-refractivity contribution in [1.82, 2.24) is 9.88 Å². The van der Waals surface area contributed by atoms with E-state index in [1.807, 2.05) is 18.4 Å². The van der Waals surface area contributed by atoms with E-state index in [9.17, 15) is 14.4 Å². The topological polar surface area (TPSA) is 115 Å². The minimum atomic E-state index is -0.797. The Kier molecular flexibility index (Phi) is 6.07. The lowest BCUT2D eigenvalue weighted by atomic mass is 9.78. The van der Waals surface area contributed by atoms with E-state index < -0.39 is 23.3 Å². The Morgan fingerprint density at radius 2 is 2.06 bits per heavy atom. The summed E-state index contributed by atoms with van der Waals surface area (Å²) in [6, 6.07) is 9.62. The van der Waals surface area contributed by atoms with Crippen molar-refractivity contribution in [2.75, 3.05) is 19.0 Å². The molecule has 0 saturated carbocycles. The number of primary amides is 1. The molecule has 2 atom stereocenters. The van der Waals surface area contributed by atoms with Gasteiger partial charge in [0.05, 0.1) is 24.5 Å². The van der Waals surface area contributed by atoms with Crippen LogP contribution in [-0.4, -0.2) is 41.3 Å². The molecule has 33 heavy (non-hydrogen) atoms. The summed E-state index contributed by atoms with van der Waals surface area (Å²) in [7, 11) is 1.36. The van der Waals surface area contributed by atoms with Gasteiger partial charge in [-0.3, -0.25) is 14.4 Å². The molecular formula is C24H26N4O4S. The normalized spacial score (nSPS) is 20.5. The predicted octanol–water partition coefficient (Wildman–Crippen LogP) is 3.52. The number of likely N-dealkylation sites (tertiary alicyclic amines) is 1. The first-order valence-corrected chi connectivity index (χ1v) is 11.6. The van der Waals surface area contributed by atoms with E-state index in [1.54, 1.807) is 16.2 Å². The number of anilines is 1. The van der Waals surface area contributed by atoms with Gasteiger partial charge in [-0.15, -0.1) is 11.3 Å². The molecule has 1 saturated heterocycles. The molecular weight excluding hydrogens is 440 g/mol. The van der Waals surface area contributed by atoms with Crippen LogP contribution in [0.25, 0.3) is 10.1 Å². The summed E-state index contributed by atoms with van der Waals surface area (Å²) >= 11 is 1.67. The number of carbonyl (C=O) groups is 3. The number of methoxy groups -OCH3 is 1. The monoisotopic (exact) mass is 466 g/mol. The maximum Gasteiger partial charge on any atom is 0.313 e. The van der Waals surface area contributed by atoms with Crippen molar-refractivity contribution in [3.63, 3.8) is 0 Å². The highest BCUT2D eigenvalue weighted by Gasteiger charge is 2.43. The smallest absolute Gasteiger partial charge is 0.313 e. The second-order valence-corrected chi connectivity index (χ2v) is 9.55. The number of amides is 3. The van der Waals surface area contributed by atoms with Crippen molar-refractivity contribution >= 4 is 44.8 Å². The van der Waals surface area contributed by atoms with Gasteiger partial charge in [-0.25, -0.2) is 4.98 Å². The number of ether oxygens (including phenoxy) is 1. The molecule has 1 fully saturated rings. The third-order valence-corrected chi connectivity index (χ3v) is 7.19. The van der Waals surface area contributed by atoms with Crippen molar-refractivity contribution in [3.8, 4) is 5.88 Å². The number of piperidine rings is 1. The second kappa shape index (κ2) is 8.82. The molecule has 9 heteroatoms. The predicted molar refractivity (Wildman–Crippen MR) is 127 cm³/mol. The molecule has 172 valence electrons. The zero-order valence-corrected chi connectivity index (χ0v) is 19.6. The van der Waals surface area contributed by atoms with Crippen molar-refractivity contribution in [2.24, 2.45) is 11.7 Å². The maximum absolute atomic E-state index is 13.4. The number of rotatable bonds is 4. The van der Waals surface area contributed by atoms with Crippen molar-refractivity contribution in [3.05, 3.63) is 53.0 Å². The summed E-state index contributed by atoms with van der Waals surface area (Å²) in [4.78, 5) is 43.7. The third kappa shape index (κ3) is 4.28. The molecule has 1 aliphatic heterocycles. The van der Waals surface area contributed by atoms with Crippen LogP contribution in [0.1, 0.15) is 42.6 Å². The Hall–Kier alpha value is -3.46. The Morgan fingerprint density at radius 3 is 2.79 bits per heavy atom. The highest BCUT2D eigenvalue weighted by Crippen LogP contribution is 2.40. The Bertz CT molecular complexity index is 1240. The summed E-state index contributed by atoms with van der Waals surface area (Å²) in [6.07, 6.45) is 3.02. The number of fused-ring (bicyclic) bond motifs is 1. The van der Waals surface area contributed by atoms with Crippen molar-refractivity contribution in [2.45, 2.75) is 32.2 Å². The zero-order chi connectivity index (χ0) is 23.8. The van der Waals surface area contributed by atoms with Crippen LogP contribution in [0.15, 0.2) is 41.9 Å². The van der Waals surface area contributed by atoms with Gasteiger partial charge in [-0.05, 0) is 66.3 Å². The first kappa shape index (κ1) is 22.7. The average molecular weight is 467 g/mol. The van der Waals surface area contributed by atoms with Gasteiger partial charge in [-0.2, -0.15) is 0 Å². The Labute approximate surface area is 195 Å². The van der Waals surface area contributed by atoms with Gasteiger partial charge in [0.15, 0.2) is 0 Å². The van der Waals surface area contributed by atoms with E-state index in [4.69, 9.17) is 10.5 Å². The van der Waals surface area contributed by atoms with Crippen molar-refractivity contribution in [1.29, 1.82) is 0 Å². The van der Waals surface area contributed by atoms with Crippen LogP contribution in [0.2, 0.25) is 0 Å². The minimum absolute atomic E-state index is 0.0169. The number of hydrogen-bond donors (Lipinski definition) is 2. The van der Waals surface area contributed by atoms with Gasteiger partial charge in [0, 0.05) is 11.2 Å². The largest absolute Gasteiger partial charge is 0.480 e. The Balaban J connectivity index is 1.62. The third-order valence-electron chi connectivity index (χ3n) is 6.30. The van der Waals surface area contributed by atoms with Gasteiger partial charge in [0.2, 0.25) is 5.88 Å². The molecule has 3 N–H and O–H groups in total. The molecule has 2 aromatic heterocycles. The van der Waals surface area contributed by atoms with Crippen LogP contribution in [0, 0.1) is 5.92 Å². The lowest BCUT2D eigenvalue weighted by Gasteiger charge is -2.47. The fraction of sp³-hybridized carbons (Fsp3) is 0.333. The summed E-state index contributed by atoms with van der Waals surface area (Å²) in [5.74, 6) is -1.86. The number of hydrogen-bond acceptors (Lipinski definition) is 6. The van der Waals surface area contributed by atoms with Crippen LogP contribution >= 0.6 is 11.3 Å². The summed E-state index contributed by atoms with van der Waals surface area (Å²) in [6.45, 7) is 4.56. The fourth-order valence-electron chi connectivity index (χ4n) is 4.34. The molecule has 8 nitrogen and oxygen atoms in total. The fourth-order valence-corrected chi connectivity index (χ4v) is 5.11. The number of nitrogens with one attached hydrogen (secondary N) is 1. The molecule has 1 aliphatic rings. The number of carbonyl (C=O) groups excluding carboxylic acids is 3. The van der Waals surface area contributed by atoms with Crippen LogP contribution in [0.3, 0.4) is 0 Å². The highest BCUT2D eigenvalue weighted by molar-refractivity contribution is 7.17. The number of thiophene rings is 1. The van der Waals surface area contributed by atoms with Crippen LogP contribution in [0.4, 0.5) is 5.69 Å². The lowest BCUT2D eigenvalue weighted by Crippen LogP contribution is -2.55. The van der Waals surface area contributed by atoms with Crippen LogP contribution in [-0.2, 0) is 15.1 Å². The number of nitrogens with zero attached hydrogens (tertiary/aromatic N) is 2. The minimum Gasteiger partial charge on any atom is -0.480 e. The maximum atomic E-state index is 13.4. The van der Waals surface area contributed by atoms with Gasteiger partial charge >= 0.3 is 11.8 Å². The molecule has 3 aromatic rings. The van der Waals surface area contributed by atoms with E-state index in [2.05, 4.69) is 35.4 Å². The van der Waals surface area contributed by atoms with E-state index in [0.717, 1.165) is 23.8 Å². The molecule has 3 heterocycles. The number of pyridine rings is 1. The molecule has 1 aromatic carbocycles. The van der Waals surface area contributed by atoms with Crippen LogP contribution in [0.5, 0.6) is 5.88 Å². The summed E-state index contributed by atoms with van der Waals surface area (Å²) < 4.78 is 6.20. The van der Waals surface area contributed by atoms with Gasteiger partial charge < -0.3 is 20.7 Å². The molecule has 0 radical (unpaired) electrons. The van der Waals surface area contributed by atoms with Crippen molar-refractivity contribution < 1.29 is 19.1 Å². The van der Waals surface area contributed by atoms with Crippen LogP contribution < -0.4 is 15.8 Å². The lowest BCUT2D eigenvalue weighted by molar-refractivity contribution is -0.150. The van der Waals surface area contributed by atoms with Gasteiger partial charge in [-0.1, -0.05) is 13.0 Å². The molecule has 0 aliphatic carbocycles. The number of nitrogens with two attached hydrogens (primary N) is 1.